The topological polar surface area (TPSA) is 20.3 Å². The Labute approximate surface area is 113 Å². The third kappa shape index (κ3) is 5.41. The molecule has 106 valence electrons. The third-order valence-electron chi connectivity index (χ3n) is 4.16. The molecule has 0 spiro atoms. The van der Waals surface area contributed by atoms with Gasteiger partial charge in [-0.1, -0.05) is 52.4 Å². The molecule has 0 aliphatic carbocycles. The SMILES string of the molecule is CCCCCCCCCC(=O)N1CCCC1CC. The molecule has 1 rings (SSSR count). The smallest absolute Gasteiger partial charge is 0.222 e. The monoisotopic (exact) mass is 253 g/mol. The number of hydrogen-bond acceptors (Lipinski definition) is 1. The second-order valence-electron chi connectivity index (χ2n) is 5.66. The molecule has 1 unspecified atom stereocenters. The van der Waals surface area contributed by atoms with E-state index < -0.39 is 0 Å². The van der Waals surface area contributed by atoms with Crippen molar-refractivity contribution in [1.82, 2.24) is 4.90 Å². The molecule has 1 heterocycles. The quantitative estimate of drug-likeness (QED) is 0.553. The van der Waals surface area contributed by atoms with E-state index in [0.717, 1.165) is 25.8 Å². The molecule has 1 saturated heterocycles. The van der Waals surface area contributed by atoms with Gasteiger partial charge < -0.3 is 4.90 Å². The van der Waals surface area contributed by atoms with Gasteiger partial charge in [0.2, 0.25) is 5.91 Å². The van der Waals surface area contributed by atoms with Crippen molar-refractivity contribution in [2.24, 2.45) is 0 Å². The zero-order chi connectivity index (χ0) is 13.2. The van der Waals surface area contributed by atoms with Crippen LogP contribution in [0.15, 0.2) is 0 Å². The van der Waals surface area contributed by atoms with E-state index in [1.165, 1.54) is 51.4 Å². The number of unbranched alkanes of at least 4 members (excludes halogenated alkanes) is 6. The number of carbonyl (C=O) groups is 1. The lowest BCUT2D eigenvalue weighted by Crippen LogP contribution is -2.34. The summed E-state index contributed by atoms with van der Waals surface area (Å²) in [5.41, 5.74) is 0. The molecule has 1 aliphatic rings. The second-order valence-corrected chi connectivity index (χ2v) is 5.66. The normalized spacial score (nSPS) is 19.4. The lowest BCUT2D eigenvalue weighted by Gasteiger charge is -2.23. The van der Waals surface area contributed by atoms with Gasteiger partial charge in [0.15, 0.2) is 0 Å². The molecule has 1 fully saturated rings. The molecule has 0 radical (unpaired) electrons. The zero-order valence-corrected chi connectivity index (χ0v) is 12.4. The molecule has 0 aromatic rings. The minimum atomic E-state index is 0.410. The summed E-state index contributed by atoms with van der Waals surface area (Å²) in [5.74, 6) is 0.410. The van der Waals surface area contributed by atoms with Crippen LogP contribution in [0.5, 0.6) is 0 Å². The average Bonchev–Trinajstić information content (AvgIpc) is 2.85. The maximum absolute atomic E-state index is 12.1. The van der Waals surface area contributed by atoms with Crippen molar-refractivity contribution in [2.75, 3.05) is 6.54 Å². The van der Waals surface area contributed by atoms with Crippen LogP contribution in [0, 0.1) is 0 Å². The van der Waals surface area contributed by atoms with Crippen LogP contribution < -0.4 is 0 Å². The van der Waals surface area contributed by atoms with Gasteiger partial charge in [-0.05, 0) is 25.7 Å². The molecular weight excluding hydrogens is 222 g/mol. The fourth-order valence-corrected chi connectivity index (χ4v) is 2.97. The van der Waals surface area contributed by atoms with E-state index in [1.54, 1.807) is 0 Å². The van der Waals surface area contributed by atoms with E-state index in [2.05, 4.69) is 18.7 Å². The highest BCUT2D eigenvalue weighted by Gasteiger charge is 2.26. The Hall–Kier alpha value is -0.530. The number of amides is 1. The Morgan fingerprint density at radius 1 is 1.06 bits per heavy atom. The first-order chi connectivity index (χ1) is 8.79. The summed E-state index contributed by atoms with van der Waals surface area (Å²) >= 11 is 0. The Kier molecular flexibility index (Phi) is 8.11. The molecule has 0 bridgehead atoms. The molecule has 0 aromatic heterocycles. The van der Waals surface area contributed by atoms with Crippen molar-refractivity contribution < 1.29 is 4.79 Å². The molecule has 1 atom stereocenters. The predicted molar refractivity (Wildman–Crippen MR) is 77.6 cm³/mol. The van der Waals surface area contributed by atoms with Gasteiger partial charge in [0, 0.05) is 19.0 Å². The lowest BCUT2D eigenvalue weighted by molar-refractivity contribution is -0.132. The summed E-state index contributed by atoms with van der Waals surface area (Å²) in [6, 6.07) is 0.544. The first kappa shape index (κ1) is 15.5. The van der Waals surface area contributed by atoms with E-state index in [9.17, 15) is 4.79 Å². The summed E-state index contributed by atoms with van der Waals surface area (Å²) in [4.78, 5) is 14.2. The summed E-state index contributed by atoms with van der Waals surface area (Å²) < 4.78 is 0. The fraction of sp³-hybridized carbons (Fsp3) is 0.938. The van der Waals surface area contributed by atoms with Gasteiger partial charge in [0.25, 0.3) is 0 Å². The zero-order valence-electron chi connectivity index (χ0n) is 12.4. The molecule has 18 heavy (non-hydrogen) atoms. The molecular formula is C16H31NO. The van der Waals surface area contributed by atoms with E-state index in [1.807, 2.05) is 0 Å². The Bertz CT molecular complexity index is 227. The number of hydrogen-bond donors (Lipinski definition) is 0. The largest absolute Gasteiger partial charge is 0.340 e. The Morgan fingerprint density at radius 3 is 2.39 bits per heavy atom. The van der Waals surface area contributed by atoms with E-state index >= 15 is 0 Å². The van der Waals surface area contributed by atoms with E-state index in [0.29, 0.717) is 11.9 Å². The molecule has 1 aliphatic heterocycles. The molecule has 0 saturated carbocycles. The standard InChI is InChI=1S/C16H31NO/c1-3-5-6-7-8-9-10-13-16(18)17-14-11-12-15(17)4-2/h15H,3-14H2,1-2H3. The van der Waals surface area contributed by atoms with Gasteiger partial charge in [-0.3, -0.25) is 4.79 Å². The summed E-state index contributed by atoms with van der Waals surface area (Å²) in [5, 5.41) is 0. The lowest BCUT2D eigenvalue weighted by atomic mass is 10.1. The maximum atomic E-state index is 12.1. The Balaban J connectivity index is 2.03. The minimum Gasteiger partial charge on any atom is -0.340 e. The summed E-state index contributed by atoms with van der Waals surface area (Å²) in [7, 11) is 0. The van der Waals surface area contributed by atoms with Gasteiger partial charge in [-0.2, -0.15) is 0 Å². The first-order valence-electron chi connectivity index (χ1n) is 8.09. The van der Waals surface area contributed by atoms with Crippen LogP contribution >= 0.6 is 0 Å². The van der Waals surface area contributed by atoms with Crippen LogP contribution in [-0.2, 0) is 4.79 Å². The van der Waals surface area contributed by atoms with Crippen molar-refractivity contribution >= 4 is 5.91 Å². The third-order valence-corrected chi connectivity index (χ3v) is 4.16. The van der Waals surface area contributed by atoms with Crippen molar-refractivity contribution in [2.45, 2.75) is 90.5 Å². The second kappa shape index (κ2) is 9.41. The van der Waals surface area contributed by atoms with E-state index in [4.69, 9.17) is 0 Å². The highest BCUT2D eigenvalue weighted by molar-refractivity contribution is 5.76. The summed E-state index contributed by atoms with van der Waals surface area (Å²) in [6.45, 7) is 5.46. The van der Waals surface area contributed by atoms with Crippen LogP contribution in [-0.4, -0.2) is 23.4 Å². The van der Waals surface area contributed by atoms with Crippen LogP contribution in [0.3, 0.4) is 0 Å². The van der Waals surface area contributed by atoms with Crippen LogP contribution in [0.4, 0.5) is 0 Å². The molecule has 2 nitrogen and oxygen atoms in total. The van der Waals surface area contributed by atoms with Gasteiger partial charge in [0.05, 0.1) is 0 Å². The first-order valence-corrected chi connectivity index (χ1v) is 8.09. The molecule has 0 N–H and O–H groups in total. The number of carbonyl (C=O) groups excluding carboxylic acids is 1. The molecule has 0 aromatic carbocycles. The highest BCUT2D eigenvalue weighted by atomic mass is 16.2. The van der Waals surface area contributed by atoms with Gasteiger partial charge >= 0.3 is 0 Å². The minimum absolute atomic E-state index is 0.410. The average molecular weight is 253 g/mol. The highest BCUT2D eigenvalue weighted by Crippen LogP contribution is 2.21. The number of likely N-dealkylation sites (tertiary alicyclic amines) is 1. The predicted octanol–water partition coefficient (Wildman–Crippen LogP) is 4.53. The van der Waals surface area contributed by atoms with Crippen LogP contribution in [0.2, 0.25) is 0 Å². The van der Waals surface area contributed by atoms with Crippen LogP contribution in [0.25, 0.3) is 0 Å². The van der Waals surface area contributed by atoms with Gasteiger partial charge in [0.1, 0.15) is 0 Å². The van der Waals surface area contributed by atoms with Crippen molar-refractivity contribution in [1.29, 1.82) is 0 Å². The van der Waals surface area contributed by atoms with Gasteiger partial charge in [-0.15, -0.1) is 0 Å². The van der Waals surface area contributed by atoms with Gasteiger partial charge in [-0.25, -0.2) is 0 Å². The fourth-order valence-electron chi connectivity index (χ4n) is 2.97. The number of nitrogens with zero attached hydrogens (tertiary/aromatic N) is 1. The van der Waals surface area contributed by atoms with Crippen molar-refractivity contribution in [3.05, 3.63) is 0 Å². The van der Waals surface area contributed by atoms with Crippen molar-refractivity contribution in [3.8, 4) is 0 Å². The summed E-state index contributed by atoms with van der Waals surface area (Å²) in [6.07, 6.45) is 13.4. The van der Waals surface area contributed by atoms with Crippen LogP contribution in [0.1, 0.15) is 84.5 Å². The Morgan fingerprint density at radius 2 is 1.72 bits per heavy atom. The molecule has 1 amide bonds. The molecule has 2 heteroatoms. The van der Waals surface area contributed by atoms with Crippen molar-refractivity contribution in [3.63, 3.8) is 0 Å². The number of rotatable bonds is 9. The maximum Gasteiger partial charge on any atom is 0.222 e. The van der Waals surface area contributed by atoms with E-state index in [-0.39, 0.29) is 0 Å².